The highest BCUT2D eigenvalue weighted by Gasteiger charge is 2.52. The molecule has 0 aromatic heterocycles. The summed E-state index contributed by atoms with van der Waals surface area (Å²) in [5.74, 6) is -2.51. The number of esters is 3. The molecule has 1 saturated heterocycles. The molecule has 14 heteroatoms. The maximum atomic E-state index is 13.6. The van der Waals surface area contributed by atoms with Crippen molar-refractivity contribution in [2.45, 2.75) is 65.3 Å². The number of para-hydroxylation sites is 1. The van der Waals surface area contributed by atoms with Gasteiger partial charge in [0.2, 0.25) is 5.91 Å². The maximum absolute atomic E-state index is 13.6. The lowest BCUT2D eigenvalue weighted by Gasteiger charge is -2.43. The summed E-state index contributed by atoms with van der Waals surface area (Å²) in [6.45, 7) is 6.63. The van der Waals surface area contributed by atoms with Crippen LogP contribution >= 0.6 is 0 Å². The van der Waals surface area contributed by atoms with Gasteiger partial charge < -0.3 is 38.7 Å². The molecule has 45 heavy (non-hydrogen) atoms. The Kier molecular flexibility index (Phi) is 10.7. The first kappa shape index (κ1) is 32.9. The zero-order valence-electron chi connectivity index (χ0n) is 25.5. The first-order chi connectivity index (χ1) is 21.4. The fraction of sp³-hybridized carbons (Fsp3) is 0.419. The van der Waals surface area contributed by atoms with Gasteiger partial charge in [-0.05, 0) is 25.1 Å². The third kappa shape index (κ3) is 8.35. The second-order valence-electron chi connectivity index (χ2n) is 10.4. The zero-order chi connectivity index (χ0) is 32.7. The number of amides is 2. The molecule has 0 bridgehead atoms. The number of oxime groups is 1. The smallest absolute Gasteiger partial charge is 0.303 e. The average molecular weight is 626 g/mol. The van der Waals surface area contributed by atoms with Crippen LogP contribution < -0.4 is 15.0 Å². The normalized spacial score (nSPS) is 23.1. The van der Waals surface area contributed by atoms with E-state index in [4.69, 9.17) is 28.5 Å². The SMILES string of the molecule is CC(=O)N[C@@H]1[C@@H](O/N=C2\C(=O)N(CCOc3ccc(C)cc3)c3ccccc32)O[C@@H](COC(C)=O)[C@@H](OC(C)=O)[C@H]1OC(C)=O. The summed E-state index contributed by atoms with van der Waals surface area (Å²) < 4.78 is 27.8. The van der Waals surface area contributed by atoms with E-state index in [9.17, 15) is 24.0 Å². The van der Waals surface area contributed by atoms with Crippen LogP contribution in [0.2, 0.25) is 0 Å². The van der Waals surface area contributed by atoms with E-state index in [2.05, 4.69) is 10.5 Å². The molecule has 5 atom stereocenters. The summed E-state index contributed by atoms with van der Waals surface area (Å²) in [4.78, 5) is 68.7. The number of fused-ring (bicyclic) bond motifs is 1. The van der Waals surface area contributed by atoms with Crippen LogP contribution in [-0.4, -0.2) is 85.8 Å². The minimum absolute atomic E-state index is 0.0474. The number of ether oxygens (including phenoxy) is 5. The van der Waals surface area contributed by atoms with Crippen LogP contribution in [0.1, 0.15) is 38.8 Å². The Hall–Kier alpha value is -4.98. The zero-order valence-corrected chi connectivity index (χ0v) is 25.5. The van der Waals surface area contributed by atoms with E-state index in [1.807, 2.05) is 31.2 Å². The second-order valence-corrected chi connectivity index (χ2v) is 10.4. The third-order valence-corrected chi connectivity index (χ3v) is 6.82. The maximum Gasteiger partial charge on any atom is 0.303 e. The van der Waals surface area contributed by atoms with Crippen molar-refractivity contribution in [3.63, 3.8) is 0 Å². The molecule has 240 valence electrons. The van der Waals surface area contributed by atoms with E-state index in [1.165, 1.54) is 18.7 Å². The number of rotatable bonds is 11. The highest BCUT2D eigenvalue weighted by atomic mass is 16.8. The lowest BCUT2D eigenvalue weighted by molar-refractivity contribution is -0.278. The van der Waals surface area contributed by atoms with Crippen LogP contribution in [0.4, 0.5) is 5.69 Å². The fourth-order valence-corrected chi connectivity index (χ4v) is 4.95. The van der Waals surface area contributed by atoms with Crippen molar-refractivity contribution in [3.8, 4) is 5.75 Å². The summed E-state index contributed by atoms with van der Waals surface area (Å²) in [5.41, 5.74) is 2.11. The van der Waals surface area contributed by atoms with Gasteiger partial charge in [-0.15, -0.1) is 0 Å². The molecule has 1 N–H and O–H groups in total. The van der Waals surface area contributed by atoms with E-state index in [-0.39, 0.29) is 18.9 Å². The number of carbonyl (C=O) groups excluding carboxylic acids is 5. The van der Waals surface area contributed by atoms with Crippen molar-refractivity contribution in [1.82, 2.24) is 5.32 Å². The minimum Gasteiger partial charge on any atom is -0.492 e. The van der Waals surface area contributed by atoms with Crippen LogP contribution in [-0.2, 0) is 47.8 Å². The van der Waals surface area contributed by atoms with Gasteiger partial charge in [-0.1, -0.05) is 41.1 Å². The Bertz CT molecular complexity index is 1460. The van der Waals surface area contributed by atoms with Gasteiger partial charge in [0.25, 0.3) is 12.2 Å². The standard InChI is InChI=1S/C31H35N3O11/c1-17-10-12-22(13-11-17)40-15-14-34-24-9-7-6-8-23(24)26(30(34)39)33-45-31-27(32-18(2)35)29(43-21(5)38)28(42-20(4)37)25(44-31)16-41-19(3)36/h6-13,25,27-29,31H,14-16H2,1-5H3,(H,32,35)/b33-26-/t25-,27-,28+,29-,31+/m0/s1. The lowest BCUT2D eigenvalue weighted by atomic mass is 9.96. The predicted molar refractivity (Wildman–Crippen MR) is 157 cm³/mol. The van der Waals surface area contributed by atoms with Gasteiger partial charge in [0.05, 0.1) is 12.2 Å². The summed E-state index contributed by atoms with van der Waals surface area (Å²) in [5, 5.41) is 6.73. The molecule has 2 amide bonds. The van der Waals surface area contributed by atoms with Crippen molar-refractivity contribution in [2.75, 3.05) is 24.7 Å². The van der Waals surface area contributed by atoms with Crippen molar-refractivity contribution in [1.29, 1.82) is 0 Å². The third-order valence-electron chi connectivity index (χ3n) is 6.82. The molecule has 0 aliphatic carbocycles. The number of hydrogen-bond donors (Lipinski definition) is 1. The van der Waals surface area contributed by atoms with Crippen molar-refractivity contribution in [3.05, 3.63) is 59.7 Å². The number of benzene rings is 2. The lowest BCUT2D eigenvalue weighted by Crippen LogP contribution is -2.66. The molecule has 0 radical (unpaired) electrons. The molecule has 0 unspecified atom stereocenters. The summed E-state index contributed by atoms with van der Waals surface area (Å²) in [6.07, 6.45) is -5.30. The predicted octanol–water partition coefficient (Wildman–Crippen LogP) is 1.80. The Balaban J connectivity index is 1.61. The molecular weight excluding hydrogens is 590 g/mol. The first-order valence-electron chi connectivity index (χ1n) is 14.2. The molecule has 2 aromatic carbocycles. The number of nitrogens with zero attached hydrogens (tertiary/aromatic N) is 2. The van der Waals surface area contributed by atoms with E-state index in [0.29, 0.717) is 17.0 Å². The van der Waals surface area contributed by atoms with Crippen molar-refractivity contribution >= 4 is 41.1 Å². The highest BCUT2D eigenvalue weighted by molar-refractivity contribution is 6.54. The van der Waals surface area contributed by atoms with E-state index >= 15 is 0 Å². The Labute approximate surface area is 259 Å². The van der Waals surface area contributed by atoms with E-state index in [0.717, 1.165) is 19.4 Å². The van der Waals surface area contributed by atoms with Gasteiger partial charge in [-0.25, -0.2) is 0 Å². The number of anilines is 1. The summed E-state index contributed by atoms with van der Waals surface area (Å²) in [7, 11) is 0. The molecule has 0 spiro atoms. The molecule has 14 nitrogen and oxygen atoms in total. The van der Waals surface area contributed by atoms with Crippen LogP contribution in [0.3, 0.4) is 0 Å². The number of hydrogen-bond acceptors (Lipinski definition) is 12. The monoisotopic (exact) mass is 625 g/mol. The Morgan fingerprint density at radius 2 is 1.58 bits per heavy atom. The number of carbonyl (C=O) groups is 5. The number of nitrogens with one attached hydrogen (secondary N) is 1. The van der Waals surface area contributed by atoms with Gasteiger partial charge in [-0.2, -0.15) is 0 Å². The van der Waals surface area contributed by atoms with Crippen molar-refractivity contribution < 1.29 is 52.5 Å². The second kappa shape index (κ2) is 14.7. The topological polar surface area (TPSA) is 168 Å². The van der Waals surface area contributed by atoms with Crippen molar-refractivity contribution in [2.24, 2.45) is 5.16 Å². The molecule has 2 aromatic rings. The Morgan fingerprint density at radius 1 is 0.911 bits per heavy atom. The molecule has 2 aliphatic rings. The molecule has 2 aliphatic heterocycles. The quantitative estimate of drug-likeness (QED) is 0.220. The van der Waals surface area contributed by atoms with Crippen LogP contribution in [0, 0.1) is 6.92 Å². The minimum atomic E-state index is -1.48. The first-order valence-corrected chi connectivity index (χ1v) is 14.2. The average Bonchev–Trinajstić information content (AvgIpc) is 3.24. The highest BCUT2D eigenvalue weighted by Crippen LogP contribution is 2.31. The van der Waals surface area contributed by atoms with Crippen LogP contribution in [0.15, 0.2) is 53.7 Å². The molecule has 0 saturated carbocycles. The molecule has 1 fully saturated rings. The van der Waals surface area contributed by atoms with E-state index in [1.54, 1.807) is 24.3 Å². The van der Waals surface area contributed by atoms with Crippen LogP contribution in [0.5, 0.6) is 5.75 Å². The van der Waals surface area contributed by atoms with Crippen LogP contribution in [0.25, 0.3) is 0 Å². The van der Waals surface area contributed by atoms with Gasteiger partial charge >= 0.3 is 17.9 Å². The van der Waals surface area contributed by atoms with Gasteiger partial charge in [0.1, 0.15) is 31.1 Å². The van der Waals surface area contributed by atoms with Gasteiger partial charge in [0.15, 0.2) is 17.9 Å². The molecular formula is C31H35N3O11. The van der Waals surface area contributed by atoms with E-state index < -0.39 is 67.0 Å². The van der Waals surface area contributed by atoms with Gasteiger partial charge in [0, 0.05) is 33.3 Å². The number of aryl methyl sites for hydroxylation is 1. The van der Waals surface area contributed by atoms with Gasteiger partial charge in [-0.3, -0.25) is 24.0 Å². The fourth-order valence-electron chi connectivity index (χ4n) is 4.95. The largest absolute Gasteiger partial charge is 0.492 e. The Morgan fingerprint density at radius 3 is 2.22 bits per heavy atom. The molecule has 2 heterocycles. The summed E-state index contributed by atoms with van der Waals surface area (Å²) >= 11 is 0. The molecule has 4 rings (SSSR count). The summed E-state index contributed by atoms with van der Waals surface area (Å²) in [6, 6.07) is 13.3.